The van der Waals surface area contributed by atoms with Gasteiger partial charge in [-0.05, 0) is 40.6 Å². The topological polar surface area (TPSA) is 61.0 Å². The van der Waals surface area contributed by atoms with Crippen molar-refractivity contribution in [1.29, 1.82) is 0 Å². The second-order valence-electron chi connectivity index (χ2n) is 3.33. The molecule has 16 heavy (non-hydrogen) atoms. The van der Waals surface area contributed by atoms with Crippen LogP contribution >= 0.6 is 15.9 Å². The van der Waals surface area contributed by atoms with Gasteiger partial charge in [-0.25, -0.2) is 0 Å². The first-order chi connectivity index (χ1) is 7.58. The summed E-state index contributed by atoms with van der Waals surface area (Å²) >= 11 is 3.40. The molecule has 2 aromatic rings. The molecule has 0 atom stereocenters. The first-order valence-electron chi connectivity index (χ1n) is 4.53. The van der Waals surface area contributed by atoms with Crippen LogP contribution in [-0.2, 0) is 0 Å². The van der Waals surface area contributed by atoms with E-state index < -0.39 is 4.92 Å². The third-order valence-corrected chi connectivity index (χ3v) is 3.09. The molecular weight excluding hydrogens is 274 g/mol. The van der Waals surface area contributed by atoms with Crippen LogP contribution in [-0.4, -0.2) is 14.5 Å². The fourth-order valence-corrected chi connectivity index (χ4v) is 1.58. The van der Waals surface area contributed by atoms with Crippen molar-refractivity contribution in [3.63, 3.8) is 0 Å². The Balaban J connectivity index is 2.42. The summed E-state index contributed by atoms with van der Waals surface area (Å²) in [5.41, 5.74) is 1.91. The highest BCUT2D eigenvalue weighted by Crippen LogP contribution is 2.20. The molecule has 82 valence electrons. The summed E-state index contributed by atoms with van der Waals surface area (Å²) in [5.74, 6) is -0.152. The van der Waals surface area contributed by atoms with Crippen LogP contribution < -0.4 is 0 Å². The summed E-state index contributed by atoms with van der Waals surface area (Å²) in [7, 11) is 0. The van der Waals surface area contributed by atoms with Crippen LogP contribution in [0, 0.1) is 17.0 Å². The minimum atomic E-state index is -0.512. The van der Waals surface area contributed by atoms with E-state index in [1.165, 1.54) is 12.5 Å². The lowest BCUT2D eigenvalue weighted by Gasteiger charge is -2.03. The number of halogens is 1. The smallest absolute Gasteiger partial charge is 0.358 e. The number of benzene rings is 1. The number of rotatable bonds is 2. The Morgan fingerprint density at radius 3 is 2.81 bits per heavy atom. The van der Waals surface area contributed by atoms with Gasteiger partial charge in [-0.3, -0.25) is 4.57 Å². The molecule has 0 amide bonds. The molecule has 2 rings (SSSR count). The van der Waals surface area contributed by atoms with Gasteiger partial charge in [-0.2, -0.15) is 0 Å². The quantitative estimate of drug-likeness (QED) is 0.628. The van der Waals surface area contributed by atoms with E-state index in [0.29, 0.717) is 0 Å². The molecule has 0 aliphatic carbocycles. The van der Waals surface area contributed by atoms with Gasteiger partial charge in [0.1, 0.15) is 6.20 Å². The number of nitrogens with zero attached hydrogens (tertiary/aromatic N) is 3. The molecule has 0 saturated carbocycles. The summed E-state index contributed by atoms with van der Waals surface area (Å²) in [6.45, 7) is 1.96. The van der Waals surface area contributed by atoms with Crippen LogP contribution in [0.3, 0.4) is 0 Å². The number of hydrogen-bond donors (Lipinski definition) is 0. The average Bonchev–Trinajstić information content (AvgIpc) is 2.71. The highest BCUT2D eigenvalue weighted by atomic mass is 79.9. The van der Waals surface area contributed by atoms with Crippen molar-refractivity contribution in [2.45, 2.75) is 6.92 Å². The number of nitro groups is 1. The van der Waals surface area contributed by atoms with Crippen LogP contribution in [0.5, 0.6) is 0 Å². The molecule has 0 saturated heterocycles. The molecule has 1 heterocycles. The molecular formula is C10H8BrN3O2. The fraction of sp³-hybridized carbons (Fsp3) is 0.100. The Morgan fingerprint density at radius 2 is 2.25 bits per heavy atom. The maximum Gasteiger partial charge on any atom is 0.381 e. The lowest BCUT2D eigenvalue weighted by atomic mass is 10.2. The number of imidazole rings is 1. The third kappa shape index (κ3) is 1.96. The number of hydrogen-bond acceptors (Lipinski definition) is 3. The second-order valence-corrected chi connectivity index (χ2v) is 4.18. The number of aryl methyl sites for hydroxylation is 1. The van der Waals surface area contributed by atoms with E-state index in [4.69, 9.17) is 0 Å². The van der Waals surface area contributed by atoms with E-state index in [9.17, 15) is 10.1 Å². The van der Waals surface area contributed by atoms with Gasteiger partial charge in [0.15, 0.2) is 0 Å². The van der Waals surface area contributed by atoms with Crippen molar-refractivity contribution in [2.75, 3.05) is 0 Å². The van der Waals surface area contributed by atoms with Gasteiger partial charge < -0.3 is 10.1 Å². The first-order valence-corrected chi connectivity index (χ1v) is 5.32. The lowest BCUT2D eigenvalue weighted by Crippen LogP contribution is -1.91. The van der Waals surface area contributed by atoms with E-state index in [-0.39, 0.29) is 5.82 Å². The van der Waals surface area contributed by atoms with Crippen LogP contribution in [0.4, 0.5) is 5.82 Å². The Kier molecular flexibility index (Phi) is 2.74. The predicted octanol–water partition coefficient (Wildman–Crippen LogP) is 2.85. The minimum absolute atomic E-state index is 0.152. The Hall–Kier alpha value is -1.69. The number of aromatic nitrogens is 2. The standard InChI is InChI=1S/C10H8BrN3O2/c1-7-4-8(2-3-9(7)11)13-5-10(12-6-13)14(15)16/h2-6H,1H3. The van der Waals surface area contributed by atoms with E-state index in [0.717, 1.165) is 15.7 Å². The predicted molar refractivity (Wildman–Crippen MR) is 62.7 cm³/mol. The SMILES string of the molecule is Cc1cc(-n2cnc([N+](=O)[O-])c2)ccc1Br. The molecule has 1 aromatic carbocycles. The van der Waals surface area contributed by atoms with Crippen molar-refractivity contribution in [3.05, 3.63) is 50.9 Å². The highest BCUT2D eigenvalue weighted by Gasteiger charge is 2.10. The molecule has 5 nitrogen and oxygen atoms in total. The zero-order valence-electron chi connectivity index (χ0n) is 8.42. The molecule has 0 spiro atoms. The van der Waals surface area contributed by atoms with Gasteiger partial charge in [0.2, 0.25) is 6.33 Å². The summed E-state index contributed by atoms with van der Waals surface area (Å²) in [5, 5.41) is 10.5. The first kappa shape index (κ1) is 10.8. The zero-order chi connectivity index (χ0) is 11.7. The average molecular weight is 282 g/mol. The van der Waals surface area contributed by atoms with Gasteiger partial charge in [0, 0.05) is 10.2 Å². The van der Waals surface area contributed by atoms with Gasteiger partial charge >= 0.3 is 5.82 Å². The lowest BCUT2D eigenvalue weighted by molar-refractivity contribution is -0.389. The van der Waals surface area contributed by atoms with Crippen LogP contribution in [0.15, 0.2) is 35.2 Å². The molecule has 0 fully saturated rings. The van der Waals surface area contributed by atoms with Crippen LogP contribution in [0.2, 0.25) is 0 Å². The Bertz CT molecular complexity index is 551. The summed E-state index contributed by atoms with van der Waals surface area (Å²) < 4.78 is 2.63. The van der Waals surface area contributed by atoms with Gasteiger partial charge in [-0.15, -0.1) is 0 Å². The molecule has 0 unspecified atom stereocenters. The molecule has 1 aromatic heterocycles. The fourth-order valence-electron chi connectivity index (χ4n) is 1.34. The van der Waals surface area contributed by atoms with E-state index in [1.807, 2.05) is 25.1 Å². The maximum absolute atomic E-state index is 10.5. The molecule has 0 radical (unpaired) electrons. The molecule has 0 N–H and O–H groups in total. The van der Waals surface area contributed by atoms with Crippen LogP contribution in [0.25, 0.3) is 5.69 Å². The third-order valence-electron chi connectivity index (χ3n) is 2.20. The van der Waals surface area contributed by atoms with Crippen molar-refractivity contribution >= 4 is 21.7 Å². The maximum atomic E-state index is 10.5. The molecule has 0 aliphatic rings. The van der Waals surface area contributed by atoms with Crippen molar-refractivity contribution in [3.8, 4) is 5.69 Å². The molecule has 0 bridgehead atoms. The summed E-state index contributed by atoms with van der Waals surface area (Å²) in [4.78, 5) is 13.7. The van der Waals surface area contributed by atoms with Gasteiger partial charge in [0.25, 0.3) is 0 Å². The molecule has 0 aliphatic heterocycles. The van der Waals surface area contributed by atoms with E-state index >= 15 is 0 Å². The Morgan fingerprint density at radius 1 is 1.50 bits per heavy atom. The second kappa shape index (κ2) is 4.05. The monoisotopic (exact) mass is 281 g/mol. The molecule has 6 heteroatoms. The van der Waals surface area contributed by atoms with E-state index in [2.05, 4.69) is 20.9 Å². The minimum Gasteiger partial charge on any atom is -0.358 e. The highest BCUT2D eigenvalue weighted by molar-refractivity contribution is 9.10. The summed E-state index contributed by atoms with van der Waals surface area (Å²) in [6, 6.07) is 5.69. The van der Waals surface area contributed by atoms with Crippen molar-refractivity contribution in [1.82, 2.24) is 9.55 Å². The van der Waals surface area contributed by atoms with Crippen LogP contribution in [0.1, 0.15) is 5.56 Å². The van der Waals surface area contributed by atoms with Gasteiger partial charge in [0.05, 0.1) is 0 Å². The largest absolute Gasteiger partial charge is 0.381 e. The normalized spacial score (nSPS) is 10.4. The Labute approximate surface area is 100 Å². The van der Waals surface area contributed by atoms with E-state index in [1.54, 1.807) is 4.57 Å². The van der Waals surface area contributed by atoms with Crippen molar-refractivity contribution in [2.24, 2.45) is 0 Å². The van der Waals surface area contributed by atoms with Gasteiger partial charge in [-0.1, -0.05) is 15.9 Å². The van der Waals surface area contributed by atoms with Crippen molar-refractivity contribution < 1.29 is 4.92 Å². The zero-order valence-corrected chi connectivity index (χ0v) is 10.0. The summed E-state index contributed by atoms with van der Waals surface area (Å²) in [6.07, 6.45) is 2.82.